The molecule has 0 saturated heterocycles. The summed E-state index contributed by atoms with van der Waals surface area (Å²) in [5.74, 6) is -1.41. The lowest BCUT2D eigenvalue weighted by molar-refractivity contribution is -0.266. The summed E-state index contributed by atoms with van der Waals surface area (Å²) in [5, 5.41) is 13.4. The van der Waals surface area contributed by atoms with Crippen LogP contribution in [-0.4, -0.2) is 26.9 Å². The van der Waals surface area contributed by atoms with E-state index in [0.29, 0.717) is 5.82 Å². The number of nitrogens with zero attached hydrogens (tertiary/aromatic N) is 2. The van der Waals surface area contributed by atoms with Gasteiger partial charge < -0.3 is 10.4 Å². The largest absolute Gasteiger partial charge is 0.419 e. The van der Waals surface area contributed by atoms with Gasteiger partial charge in [-0.05, 0) is 37.6 Å². The Hall–Kier alpha value is -2.78. The highest BCUT2D eigenvalue weighted by Gasteiger charge is 2.59. The molecular formula is C22H19ClF5N3O. The third kappa shape index (κ3) is 4.68. The maximum Gasteiger partial charge on any atom is 0.419 e. The van der Waals surface area contributed by atoms with Crippen LogP contribution in [0.1, 0.15) is 30.8 Å². The quantitative estimate of drug-likeness (QED) is 0.328. The minimum atomic E-state index is -5.16. The van der Waals surface area contributed by atoms with Gasteiger partial charge in [0.2, 0.25) is 0 Å². The van der Waals surface area contributed by atoms with Crippen LogP contribution in [0.25, 0.3) is 10.9 Å². The summed E-state index contributed by atoms with van der Waals surface area (Å²) < 4.78 is 71.0. The smallest absolute Gasteiger partial charge is 0.378 e. The molecule has 0 fully saturated rings. The SMILES string of the molecule is C=C(C)CC(O)(C(Nc1cc(F)cc2nc(C)ncc12)c1ccc(Cl)c(F)c1)C(F)(F)F. The van der Waals surface area contributed by atoms with Crippen LogP contribution in [0.5, 0.6) is 0 Å². The fourth-order valence-electron chi connectivity index (χ4n) is 3.46. The molecule has 0 bridgehead atoms. The van der Waals surface area contributed by atoms with Crippen LogP contribution in [0, 0.1) is 18.6 Å². The first-order valence-corrected chi connectivity index (χ1v) is 9.77. The van der Waals surface area contributed by atoms with E-state index >= 15 is 0 Å². The fourth-order valence-corrected chi connectivity index (χ4v) is 3.58. The van der Waals surface area contributed by atoms with Crippen LogP contribution in [0.15, 0.2) is 48.7 Å². The Kier molecular flexibility index (Phi) is 6.44. The van der Waals surface area contributed by atoms with Gasteiger partial charge in [-0.1, -0.05) is 23.2 Å². The third-order valence-corrected chi connectivity index (χ3v) is 5.21. The van der Waals surface area contributed by atoms with Crippen molar-refractivity contribution < 1.29 is 27.1 Å². The van der Waals surface area contributed by atoms with E-state index in [1.807, 2.05) is 0 Å². The lowest BCUT2D eigenvalue weighted by Crippen LogP contribution is -2.52. The van der Waals surface area contributed by atoms with Crippen LogP contribution < -0.4 is 5.32 Å². The third-order valence-electron chi connectivity index (χ3n) is 4.90. The minimum Gasteiger partial charge on any atom is -0.378 e. The second kappa shape index (κ2) is 8.63. The van der Waals surface area contributed by atoms with Crippen molar-refractivity contribution in [2.45, 2.75) is 38.1 Å². The van der Waals surface area contributed by atoms with Crippen molar-refractivity contribution in [3.63, 3.8) is 0 Å². The number of fused-ring (bicyclic) bond motifs is 1. The molecule has 0 amide bonds. The molecule has 4 nitrogen and oxygen atoms in total. The normalized spacial score (nSPS) is 14.8. The van der Waals surface area contributed by atoms with E-state index < -0.39 is 35.9 Å². The Labute approximate surface area is 185 Å². The molecule has 0 aliphatic carbocycles. The lowest BCUT2D eigenvalue weighted by atomic mass is 9.82. The van der Waals surface area contributed by atoms with E-state index in [9.17, 15) is 27.1 Å². The van der Waals surface area contributed by atoms with Crippen LogP contribution in [0.2, 0.25) is 5.02 Å². The summed E-state index contributed by atoms with van der Waals surface area (Å²) in [5.41, 5.74) is -3.59. The van der Waals surface area contributed by atoms with Crippen molar-refractivity contribution in [1.82, 2.24) is 9.97 Å². The van der Waals surface area contributed by atoms with Gasteiger partial charge in [0.25, 0.3) is 0 Å². The van der Waals surface area contributed by atoms with Crippen molar-refractivity contribution in [2.24, 2.45) is 0 Å². The maximum atomic E-state index is 14.3. The number of halogens is 6. The molecule has 3 rings (SSSR count). The topological polar surface area (TPSA) is 58.0 Å². The summed E-state index contributed by atoms with van der Waals surface area (Å²) in [7, 11) is 0. The monoisotopic (exact) mass is 471 g/mol. The number of aryl methyl sites for hydroxylation is 1. The molecule has 1 heterocycles. The number of hydrogen-bond donors (Lipinski definition) is 2. The number of rotatable bonds is 6. The minimum absolute atomic E-state index is 0.0362. The maximum absolute atomic E-state index is 14.3. The molecule has 2 N–H and O–H groups in total. The Bertz CT molecular complexity index is 1180. The molecule has 170 valence electrons. The number of benzene rings is 2. The zero-order valence-corrected chi connectivity index (χ0v) is 17.8. The van der Waals surface area contributed by atoms with Gasteiger partial charge in [-0.3, -0.25) is 0 Å². The average molecular weight is 472 g/mol. The molecule has 2 unspecified atom stereocenters. The van der Waals surface area contributed by atoms with Gasteiger partial charge in [0.05, 0.1) is 16.6 Å². The number of hydrogen-bond acceptors (Lipinski definition) is 4. The van der Waals surface area contributed by atoms with Gasteiger partial charge in [-0.15, -0.1) is 6.58 Å². The number of aromatic nitrogens is 2. The van der Waals surface area contributed by atoms with E-state index in [1.165, 1.54) is 13.1 Å². The first-order chi connectivity index (χ1) is 14.8. The van der Waals surface area contributed by atoms with E-state index in [-0.39, 0.29) is 32.7 Å². The molecule has 0 radical (unpaired) electrons. The summed E-state index contributed by atoms with van der Waals surface area (Å²) in [6.07, 6.45) is -4.72. The van der Waals surface area contributed by atoms with E-state index in [0.717, 1.165) is 30.3 Å². The number of anilines is 1. The van der Waals surface area contributed by atoms with Gasteiger partial charge in [0, 0.05) is 29.8 Å². The van der Waals surface area contributed by atoms with E-state index in [4.69, 9.17) is 11.6 Å². The van der Waals surface area contributed by atoms with Crippen molar-refractivity contribution >= 4 is 28.2 Å². The number of alkyl halides is 3. The summed E-state index contributed by atoms with van der Waals surface area (Å²) in [4.78, 5) is 8.11. The zero-order valence-electron chi connectivity index (χ0n) is 17.1. The highest BCUT2D eigenvalue weighted by molar-refractivity contribution is 6.30. The molecule has 0 spiro atoms. The Morgan fingerprint density at radius 3 is 2.50 bits per heavy atom. The molecule has 0 aliphatic rings. The predicted molar refractivity (Wildman–Crippen MR) is 112 cm³/mol. The number of aliphatic hydroxyl groups is 1. The van der Waals surface area contributed by atoms with Gasteiger partial charge in [0.15, 0.2) is 5.60 Å². The van der Waals surface area contributed by atoms with Crippen LogP contribution in [0.3, 0.4) is 0 Å². The highest BCUT2D eigenvalue weighted by Crippen LogP contribution is 2.46. The van der Waals surface area contributed by atoms with Crippen molar-refractivity contribution in [3.05, 3.63) is 76.7 Å². The Morgan fingerprint density at radius 2 is 1.91 bits per heavy atom. The van der Waals surface area contributed by atoms with Crippen LogP contribution >= 0.6 is 11.6 Å². The summed E-state index contributed by atoms with van der Waals surface area (Å²) >= 11 is 5.69. The molecule has 2 aromatic carbocycles. The van der Waals surface area contributed by atoms with Gasteiger partial charge in [0.1, 0.15) is 17.5 Å². The lowest BCUT2D eigenvalue weighted by Gasteiger charge is -2.39. The van der Waals surface area contributed by atoms with Gasteiger partial charge in [-0.2, -0.15) is 13.2 Å². The molecule has 32 heavy (non-hydrogen) atoms. The second-order valence-corrected chi connectivity index (χ2v) is 8.02. The molecule has 0 aliphatic heterocycles. The van der Waals surface area contributed by atoms with Crippen LogP contribution in [0.4, 0.5) is 27.6 Å². The van der Waals surface area contributed by atoms with E-state index in [1.54, 1.807) is 6.92 Å². The summed E-state index contributed by atoms with van der Waals surface area (Å²) in [6, 6.07) is 3.14. The standard InChI is InChI=1S/C22H19ClF5N3O/c1-11(2)9-21(32,22(26,27)28)20(13-4-5-16(23)17(25)6-13)31-19-8-14(24)7-18-15(19)10-29-12(3)30-18/h4-8,10,20,31-32H,1,9H2,2-3H3. The first kappa shape index (κ1) is 23.9. The summed E-state index contributed by atoms with van der Waals surface area (Å²) in [6.45, 7) is 6.38. The van der Waals surface area contributed by atoms with Gasteiger partial charge >= 0.3 is 6.18 Å². The molecule has 0 saturated carbocycles. The average Bonchev–Trinajstić information content (AvgIpc) is 2.66. The second-order valence-electron chi connectivity index (χ2n) is 7.61. The Balaban J connectivity index is 2.25. The fraction of sp³-hybridized carbons (Fsp3) is 0.273. The Morgan fingerprint density at radius 1 is 1.22 bits per heavy atom. The zero-order chi connectivity index (χ0) is 23.8. The highest BCUT2D eigenvalue weighted by atomic mass is 35.5. The first-order valence-electron chi connectivity index (χ1n) is 9.39. The van der Waals surface area contributed by atoms with Crippen molar-refractivity contribution in [1.29, 1.82) is 0 Å². The molecule has 2 atom stereocenters. The van der Waals surface area contributed by atoms with Crippen molar-refractivity contribution in [2.75, 3.05) is 5.32 Å². The van der Waals surface area contributed by atoms with Crippen molar-refractivity contribution in [3.8, 4) is 0 Å². The molecule has 3 aromatic rings. The molecule has 1 aromatic heterocycles. The van der Waals surface area contributed by atoms with Crippen LogP contribution in [-0.2, 0) is 0 Å². The van der Waals surface area contributed by atoms with Gasteiger partial charge in [-0.25, -0.2) is 18.7 Å². The predicted octanol–water partition coefficient (Wildman–Crippen LogP) is 6.28. The number of nitrogens with one attached hydrogen (secondary N) is 1. The molecular weight excluding hydrogens is 453 g/mol. The van der Waals surface area contributed by atoms with E-state index in [2.05, 4.69) is 21.9 Å². The molecule has 10 heteroatoms.